The standard InChI is InChI=1S/C22H25FN4O2.ClH/c1-2-14-9-25-21(26-10-14)27-12-17-16(19-7-8-22(17,13-27)29-19)11-24-20(28)15-5-3-4-6-18(15)23;/h3-6,9-10,16-17,19H,2,7-8,11-13H2,1H3,(H,24,28);1H/t16-,17+,19+,22+;/m0./s1. The van der Waals surface area contributed by atoms with Gasteiger partial charge in [-0.25, -0.2) is 14.4 Å². The van der Waals surface area contributed by atoms with E-state index in [1.807, 2.05) is 12.4 Å². The van der Waals surface area contributed by atoms with Gasteiger partial charge in [0.1, 0.15) is 5.82 Å². The summed E-state index contributed by atoms with van der Waals surface area (Å²) in [6.07, 6.45) is 6.88. The van der Waals surface area contributed by atoms with Crippen LogP contribution in [0.25, 0.3) is 0 Å². The van der Waals surface area contributed by atoms with Crippen LogP contribution < -0.4 is 10.2 Å². The van der Waals surface area contributed by atoms with Crippen LogP contribution >= 0.6 is 12.4 Å². The van der Waals surface area contributed by atoms with Crippen molar-refractivity contribution in [2.45, 2.75) is 37.9 Å². The average molecular weight is 433 g/mol. The van der Waals surface area contributed by atoms with E-state index in [0.29, 0.717) is 12.5 Å². The molecule has 1 aromatic carbocycles. The fourth-order valence-electron chi connectivity index (χ4n) is 5.26. The van der Waals surface area contributed by atoms with Crippen LogP contribution in [0.5, 0.6) is 0 Å². The molecule has 0 saturated carbocycles. The van der Waals surface area contributed by atoms with Gasteiger partial charge in [0, 0.05) is 37.3 Å². The second-order valence-electron chi connectivity index (χ2n) is 8.35. The molecule has 0 aliphatic carbocycles. The molecule has 1 spiro atoms. The van der Waals surface area contributed by atoms with Crippen LogP contribution in [0, 0.1) is 17.7 Å². The van der Waals surface area contributed by atoms with Gasteiger partial charge in [-0.2, -0.15) is 0 Å². The Balaban J connectivity index is 0.00000218. The van der Waals surface area contributed by atoms with Gasteiger partial charge in [-0.3, -0.25) is 4.79 Å². The predicted octanol–water partition coefficient (Wildman–Crippen LogP) is 3.01. The third-order valence-electron chi connectivity index (χ3n) is 6.78. The number of halogens is 2. The Hall–Kier alpha value is -2.25. The Labute approximate surface area is 181 Å². The number of nitrogens with zero attached hydrogens (tertiary/aromatic N) is 3. The van der Waals surface area contributed by atoms with E-state index in [4.69, 9.17) is 4.74 Å². The zero-order valence-electron chi connectivity index (χ0n) is 16.9. The van der Waals surface area contributed by atoms with Gasteiger partial charge in [-0.15, -0.1) is 12.4 Å². The van der Waals surface area contributed by atoms with E-state index in [1.165, 1.54) is 12.1 Å². The van der Waals surface area contributed by atoms with Crippen molar-refractivity contribution < 1.29 is 13.9 Å². The molecule has 3 aliphatic heterocycles. The minimum absolute atomic E-state index is 0. The lowest BCUT2D eigenvalue weighted by atomic mass is 9.73. The molecule has 2 aromatic rings. The Morgan fingerprint density at radius 3 is 2.83 bits per heavy atom. The van der Waals surface area contributed by atoms with Crippen LogP contribution in [0.3, 0.4) is 0 Å². The second-order valence-corrected chi connectivity index (χ2v) is 8.35. The molecular weight excluding hydrogens is 407 g/mol. The maximum atomic E-state index is 13.9. The number of hydrogen-bond donors (Lipinski definition) is 1. The molecule has 0 radical (unpaired) electrons. The van der Waals surface area contributed by atoms with Crippen LogP contribution in [0.15, 0.2) is 36.7 Å². The van der Waals surface area contributed by atoms with Crippen molar-refractivity contribution in [3.8, 4) is 0 Å². The number of carbonyl (C=O) groups excluding carboxylic acids is 1. The zero-order valence-corrected chi connectivity index (χ0v) is 17.7. The average Bonchev–Trinajstić information content (AvgIpc) is 3.41. The number of benzene rings is 1. The highest BCUT2D eigenvalue weighted by atomic mass is 35.5. The molecule has 1 N–H and O–H groups in total. The number of ether oxygens (including phenoxy) is 1. The number of amides is 1. The molecule has 2 bridgehead atoms. The number of rotatable bonds is 5. The molecule has 1 amide bonds. The van der Waals surface area contributed by atoms with E-state index in [1.54, 1.807) is 12.1 Å². The van der Waals surface area contributed by atoms with Gasteiger partial charge in [-0.05, 0) is 37.0 Å². The maximum Gasteiger partial charge on any atom is 0.254 e. The van der Waals surface area contributed by atoms with Crippen molar-refractivity contribution in [2.75, 3.05) is 24.5 Å². The first-order valence-electron chi connectivity index (χ1n) is 10.4. The van der Waals surface area contributed by atoms with E-state index < -0.39 is 5.82 Å². The topological polar surface area (TPSA) is 67.4 Å². The molecule has 3 saturated heterocycles. The molecule has 3 aliphatic rings. The van der Waals surface area contributed by atoms with E-state index in [-0.39, 0.29) is 41.5 Å². The molecule has 4 atom stereocenters. The molecule has 8 heteroatoms. The first kappa shape index (κ1) is 21.0. The van der Waals surface area contributed by atoms with Crippen molar-refractivity contribution in [1.82, 2.24) is 15.3 Å². The highest BCUT2D eigenvalue weighted by Crippen LogP contribution is 2.54. The van der Waals surface area contributed by atoms with Gasteiger partial charge in [-0.1, -0.05) is 19.1 Å². The third-order valence-corrected chi connectivity index (χ3v) is 6.78. The number of hydrogen-bond acceptors (Lipinski definition) is 5. The largest absolute Gasteiger partial charge is 0.369 e. The fourth-order valence-corrected chi connectivity index (χ4v) is 5.26. The zero-order chi connectivity index (χ0) is 20.0. The van der Waals surface area contributed by atoms with Crippen LogP contribution in [0.2, 0.25) is 0 Å². The molecule has 30 heavy (non-hydrogen) atoms. The molecule has 0 unspecified atom stereocenters. The van der Waals surface area contributed by atoms with Crippen LogP contribution in [0.1, 0.15) is 35.7 Å². The van der Waals surface area contributed by atoms with Gasteiger partial charge in [0.05, 0.1) is 23.8 Å². The summed E-state index contributed by atoms with van der Waals surface area (Å²) in [4.78, 5) is 23.7. The Morgan fingerprint density at radius 2 is 2.10 bits per heavy atom. The van der Waals surface area contributed by atoms with Crippen LogP contribution in [-0.2, 0) is 11.2 Å². The van der Waals surface area contributed by atoms with Gasteiger partial charge < -0.3 is 15.0 Å². The summed E-state index contributed by atoms with van der Waals surface area (Å²) in [6.45, 7) is 4.19. The highest BCUT2D eigenvalue weighted by Gasteiger charge is 2.63. The summed E-state index contributed by atoms with van der Waals surface area (Å²) < 4.78 is 20.3. The van der Waals surface area contributed by atoms with Crippen LogP contribution in [-0.4, -0.2) is 47.2 Å². The summed E-state index contributed by atoms with van der Waals surface area (Å²) in [7, 11) is 0. The monoisotopic (exact) mass is 432 g/mol. The van der Waals surface area contributed by atoms with Crippen molar-refractivity contribution >= 4 is 24.3 Å². The number of aromatic nitrogens is 2. The summed E-state index contributed by atoms with van der Waals surface area (Å²) in [5.74, 6) is 0.418. The number of carbonyl (C=O) groups is 1. The normalized spacial score (nSPS) is 28.9. The summed E-state index contributed by atoms with van der Waals surface area (Å²) in [6, 6.07) is 6.08. The smallest absolute Gasteiger partial charge is 0.254 e. The van der Waals surface area contributed by atoms with E-state index >= 15 is 0 Å². The van der Waals surface area contributed by atoms with Crippen LogP contribution in [0.4, 0.5) is 10.3 Å². The summed E-state index contributed by atoms with van der Waals surface area (Å²) in [5, 5.41) is 2.94. The van der Waals surface area contributed by atoms with E-state index in [9.17, 15) is 9.18 Å². The molecule has 160 valence electrons. The maximum absolute atomic E-state index is 13.9. The third kappa shape index (κ3) is 3.44. The minimum atomic E-state index is -0.495. The lowest BCUT2D eigenvalue weighted by Gasteiger charge is -2.29. The van der Waals surface area contributed by atoms with Gasteiger partial charge >= 0.3 is 0 Å². The van der Waals surface area contributed by atoms with Crippen molar-refractivity contribution in [3.05, 3.63) is 53.6 Å². The van der Waals surface area contributed by atoms with Gasteiger partial charge in [0.15, 0.2) is 0 Å². The first-order chi connectivity index (χ1) is 14.1. The highest BCUT2D eigenvalue weighted by molar-refractivity contribution is 5.94. The van der Waals surface area contributed by atoms with Crippen molar-refractivity contribution in [2.24, 2.45) is 11.8 Å². The van der Waals surface area contributed by atoms with E-state index in [0.717, 1.165) is 43.9 Å². The Kier molecular flexibility index (Phi) is 5.68. The van der Waals surface area contributed by atoms with Gasteiger partial charge in [0.25, 0.3) is 5.91 Å². The Morgan fingerprint density at radius 1 is 1.33 bits per heavy atom. The predicted molar refractivity (Wildman–Crippen MR) is 113 cm³/mol. The van der Waals surface area contributed by atoms with E-state index in [2.05, 4.69) is 27.1 Å². The minimum Gasteiger partial charge on any atom is -0.369 e. The Bertz CT molecular complexity index is 928. The first-order valence-corrected chi connectivity index (χ1v) is 10.4. The summed E-state index contributed by atoms with van der Waals surface area (Å²) in [5.41, 5.74) is 1.03. The lowest BCUT2D eigenvalue weighted by molar-refractivity contribution is 0.0141. The second kappa shape index (κ2) is 8.12. The summed E-state index contributed by atoms with van der Waals surface area (Å²) >= 11 is 0. The molecule has 3 fully saturated rings. The lowest BCUT2D eigenvalue weighted by Crippen LogP contribution is -2.42. The molecule has 5 rings (SSSR count). The number of nitrogens with one attached hydrogen (secondary N) is 1. The molecular formula is C22H26ClFN4O2. The number of fused-ring (bicyclic) bond motifs is 1. The molecule has 6 nitrogen and oxygen atoms in total. The SMILES string of the molecule is CCc1cnc(N2C[C@@H]3[C@H](CNC(=O)c4ccccc4F)[C@H]4CC[C@]3(C2)O4)nc1.Cl. The fraction of sp³-hybridized carbons (Fsp3) is 0.500. The molecule has 4 heterocycles. The number of anilines is 1. The van der Waals surface area contributed by atoms with Crippen molar-refractivity contribution in [3.63, 3.8) is 0 Å². The molecule has 1 aromatic heterocycles. The van der Waals surface area contributed by atoms with Crippen molar-refractivity contribution in [1.29, 1.82) is 0 Å². The number of aryl methyl sites for hydroxylation is 1. The quantitative estimate of drug-likeness (QED) is 0.786. The van der Waals surface area contributed by atoms with Gasteiger partial charge in [0.2, 0.25) is 5.95 Å².